The highest BCUT2D eigenvalue weighted by Crippen LogP contribution is 2.32. The van der Waals surface area contributed by atoms with E-state index in [1.165, 1.54) is 0 Å². The fourth-order valence-electron chi connectivity index (χ4n) is 1.88. The Bertz CT molecular complexity index is 348. The van der Waals surface area contributed by atoms with Gasteiger partial charge in [-0.3, -0.25) is 0 Å². The minimum Gasteiger partial charge on any atom is -0.330 e. The molecule has 1 aromatic carbocycles. The van der Waals surface area contributed by atoms with Gasteiger partial charge in [-0.05, 0) is 49.9 Å². The van der Waals surface area contributed by atoms with Gasteiger partial charge in [-0.25, -0.2) is 0 Å². The average molecular weight is 280 g/mol. The fourth-order valence-corrected chi connectivity index (χ4v) is 2.00. The Balaban J connectivity index is 2.41. The molecule has 0 saturated heterocycles. The second-order valence-corrected chi connectivity index (χ2v) is 4.77. The van der Waals surface area contributed by atoms with E-state index in [9.17, 15) is 13.2 Å². The lowest BCUT2D eigenvalue weighted by Gasteiger charge is -2.19. The van der Waals surface area contributed by atoms with Crippen LogP contribution in [0.5, 0.6) is 0 Å². The molecule has 0 radical (unpaired) electrons. The van der Waals surface area contributed by atoms with Crippen LogP contribution in [-0.2, 0) is 6.42 Å². The zero-order chi connectivity index (χ0) is 13.6. The molecule has 1 unspecified atom stereocenters. The van der Waals surface area contributed by atoms with Gasteiger partial charge in [0.15, 0.2) is 0 Å². The van der Waals surface area contributed by atoms with Gasteiger partial charge in [0.1, 0.15) is 0 Å². The number of hydrogen-bond acceptors (Lipinski definition) is 1. The molecule has 0 aromatic heterocycles. The summed E-state index contributed by atoms with van der Waals surface area (Å²) in [6.07, 6.45) is -2.87. The molecule has 1 nitrogen and oxygen atoms in total. The maximum absolute atomic E-state index is 12.6. The zero-order valence-electron chi connectivity index (χ0n) is 10.0. The van der Waals surface area contributed by atoms with Gasteiger partial charge in [-0.1, -0.05) is 23.7 Å². The highest BCUT2D eigenvalue weighted by Gasteiger charge is 2.37. The van der Waals surface area contributed by atoms with E-state index in [2.05, 4.69) is 0 Å². The van der Waals surface area contributed by atoms with Crippen LogP contribution in [0.2, 0.25) is 5.02 Å². The minimum absolute atomic E-state index is 0.00409. The van der Waals surface area contributed by atoms with Crippen molar-refractivity contribution in [3.05, 3.63) is 34.9 Å². The third-order valence-electron chi connectivity index (χ3n) is 2.91. The molecule has 0 heterocycles. The van der Waals surface area contributed by atoms with E-state index in [0.717, 1.165) is 5.56 Å². The molecule has 18 heavy (non-hydrogen) atoms. The predicted octanol–water partition coefficient (Wildman–Crippen LogP) is 4.19. The predicted molar refractivity (Wildman–Crippen MR) is 67.6 cm³/mol. The summed E-state index contributed by atoms with van der Waals surface area (Å²) in [5.74, 6) is -1.28. The Hall–Kier alpha value is -0.740. The second kappa shape index (κ2) is 7.00. The molecule has 0 fully saturated rings. The molecular weight excluding hydrogens is 263 g/mol. The van der Waals surface area contributed by atoms with Gasteiger partial charge in [-0.15, -0.1) is 0 Å². The van der Waals surface area contributed by atoms with Gasteiger partial charge in [0.05, 0.1) is 5.92 Å². The SMILES string of the molecule is NCCC(CCCc1ccc(Cl)cc1)C(F)(F)F. The summed E-state index contributed by atoms with van der Waals surface area (Å²) in [4.78, 5) is 0. The van der Waals surface area contributed by atoms with Crippen molar-refractivity contribution in [1.82, 2.24) is 0 Å². The maximum Gasteiger partial charge on any atom is 0.391 e. The van der Waals surface area contributed by atoms with Crippen molar-refractivity contribution in [1.29, 1.82) is 0 Å². The van der Waals surface area contributed by atoms with Crippen LogP contribution in [0.25, 0.3) is 0 Å². The Kier molecular flexibility index (Phi) is 5.96. The smallest absolute Gasteiger partial charge is 0.330 e. The number of hydrogen-bond donors (Lipinski definition) is 1. The molecule has 1 aromatic rings. The standard InChI is InChI=1S/C13H17ClF3N/c14-12-6-4-10(5-7-12)2-1-3-11(8-9-18)13(15,16)17/h4-7,11H,1-3,8-9,18H2. The molecule has 0 spiro atoms. The lowest BCUT2D eigenvalue weighted by atomic mass is 9.96. The van der Waals surface area contributed by atoms with Crippen LogP contribution in [0.1, 0.15) is 24.8 Å². The third-order valence-corrected chi connectivity index (χ3v) is 3.16. The van der Waals surface area contributed by atoms with Crippen LogP contribution < -0.4 is 5.73 Å². The zero-order valence-corrected chi connectivity index (χ0v) is 10.8. The van der Waals surface area contributed by atoms with Gasteiger partial charge in [0, 0.05) is 5.02 Å². The molecule has 0 aliphatic heterocycles. The summed E-state index contributed by atoms with van der Waals surface area (Å²) in [5, 5.41) is 0.634. The molecule has 5 heteroatoms. The minimum atomic E-state index is -4.14. The Labute approximate surface area is 110 Å². The number of rotatable bonds is 6. The highest BCUT2D eigenvalue weighted by molar-refractivity contribution is 6.30. The van der Waals surface area contributed by atoms with Crippen LogP contribution in [0.3, 0.4) is 0 Å². The molecule has 0 aliphatic rings. The molecule has 1 atom stereocenters. The molecule has 0 saturated carbocycles. The van der Waals surface area contributed by atoms with Crippen molar-refractivity contribution in [2.24, 2.45) is 11.7 Å². The summed E-state index contributed by atoms with van der Waals surface area (Å²) >= 11 is 5.73. The number of aryl methyl sites for hydroxylation is 1. The van der Waals surface area contributed by atoms with Crippen LogP contribution in [0.4, 0.5) is 13.2 Å². The normalized spacial score (nSPS) is 13.6. The summed E-state index contributed by atoms with van der Waals surface area (Å²) in [6.45, 7) is 0.0745. The molecule has 2 N–H and O–H groups in total. The number of alkyl halides is 3. The first kappa shape index (κ1) is 15.3. The highest BCUT2D eigenvalue weighted by atomic mass is 35.5. The topological polar surface area (TPSA) is 26.0 Å². The lowest BCUT2D eigenvalue weighted by Crippen LogP contribution is -2.25. The number of benzene rings is 1. The van der Waals surface area contributed by atoms with Crippen molar-refractivity contribution < 1.29 is 13.2 Å². The fraction of sp³-hybridized carbons (Fsp3) is 0.538. The van der Waals surface area contributed by atoms with E-state index in [4.69, 9.17) is 17.3 Å². The van der Waals surface area contributed by atoms with Gasteiger partial charge in [0.25, 0.3) is 0 Å². The molecule has 102 valence electrons. The van der Waals surface area contributed by atoms with Crippen molar-refractivity contribution >= 4 is 11.6 Å². The molecule has 1 rings (SSSR count). The summed E-state index contributed by atoms with van der Waals surface area (Å²) < 4.78 is 37.8. The number of halogens is 4. The quantitative estimate of drug-likeness (QED) is 0.830. The Morgan fingerprint density at radius 1 is 1.11 bits per heavy atom. The maximum atomic E-state index is 12.6. The third kappa shape index (κ3) is 5.27. The van der Waals surface area contributed by atoms with Crippen LogP contribution in [-0.4, -0.2) is 12.7 Å². The second-order valence-electron chi connectivity index (χ2n) is 4.33. The number of nitrogens with two attached hydrogens (primary N) is 1. The van der Waals surface area contributed by atoms with Gasteiger partial charge < -0.3 is 5.73 Å². The summed E-state index contributed by atoms with van der Waals surface area (Å²) in [7, 11) is 0. The van der Waals surface area contributed by atoms with E-state index < -0.39 is 12.1 Å². The van der Waals surface area contributed by atoms with E-state index in [-0.39, 0.29) is 19.4 Å². The van der Waals surface area contributed by atoms with E-state index in [1.807, 2.05) is 12.1 Å². The van der Waals surface area contributed by atoms with E-state index in [0.29, 0.717) is 17.9 Å². The van der Waals surface area contributed by atoms with Crippen LogP contribution in [0.15, 0.2) is 24.3 Å². The Morgan fingerprint density at radius 3 is 2.22 bits per heavy atom. The first-order valence-electron chi connectivity index (χ1n) is 5.94. The van der Waals surface area contributed by atoms with Gasteiger partial charge in [0.2, 0.25) is 0 Å². The Morgan fingerprint density at radius 2 is 1.72 bits per heavy atom. The van der Waals surface area contributed by atoms with Crippen LogP contribution in [0, 0.1) is 5.92 Å². The lowest BCUT2D eigenvalue weighted by molar-refractivity contribution is -0.177. The van der Waals surface area contributed by atoms with Gasteiger partial charge >= 0.3 is 6.18 Å². The van der Waals surface area contributed by atoms with Crippen molar-refractivity contribution in [2.45, 2.75) is 31.9 Å². The largest absolute Gasteiger partial charge is 0.391 e. The average Bonchev–Trinajstić information content (AvgIpc) is 2.29. The molecule has 0 amide bonds. The monoisotopic (exact) mass is 279 g/mol. The van der Waals surface area contributed by atoms with Gasteiger partial charge in [-0.2, -0.15) is 13.2 Å². The summed E-state index contributed by atoms with van der Waals surface area (Å²) in [5.41, 5.74) is 6.22. The van der Waals surface area contributed by atoms with Crippen LogP contribution >= 0.6 is 11.6 Å². The summed E-state index contributed by atoms with van der Waals surface area (Å²) in [6, 6.07) is 7.18. The van der Waals surface area contributed by atoms with Crippen molar-refractivity contribution in [3.8, 4) is 0 Å². The van der Waals surface area contributed by atoms with E-state index in [1.54, 1.807) is 12.1 Å². The first-order valence-corrected chi connectivity index (χ1v) is 6.32. The van der Waals surface area contributed by atoms with Crippen molar-refractivity contribution in [2.75, 3.05) is 6.54 Å². The van der Waals surface area contributed by atoms with E-state index >= 15 is 0 Å². The molecule has 0 bridgehead atoms. The van der Waals surface area contributed by atoms with Crippen molar-refractivity contribution in [3.63, 3.8) is 0 Å². The molecular formula is C13H17ClF3N. The first-order chi connectivity index (χ1) is 8.43. The molecule has 0 aliphatic carbocycles.